The Labute approximate surface area is 137 Å². The van der Waals surface area contributed by atoms with Crippen molar-refractivity contribution >= 4 is 23.1 Å². The van der Waals surface area contributed by atoms with E-state index < -0.39 is 5.82 Å². The fourth-order valence-corrected chi connectivity index (χ4v) is 3.34. The maximum Gasteiger partial charge on any atom is 0.256 e. The number of anilines is 1. The monoisotopic (exact) mass is 330 g/mol. The van der Waals surface area contributed by atoms with Gasteiger partial charge in [-0.05, 0) is 36.7 Å². The van der Waals surface area contributed by atoms with Crippen LogP contribution < -0.4 is 4.90 Å². The molecule has 1 aromatic heterocycles. The van der Waals surface area contributed by atoms with E-state index in [1.54, 1.807) is 22.4 Å². The maximum atomic E-state index is 14.1. The van der Waals surface area contributed by atoms with E-state index in [0.717, 1.165) is 5.69 Å². The molecular weight excluding hydrogens is 315 g/mol. The van der Waals surface area contributed by atoms with Gasteiger partial charge in [0.1, 0.15) is 5.82 Å². The van der Waals surface area contributed by atoms with Crippen LogP contribution in [-0.2, 0) is 0 Å². The van der Waals surface area contributed by atoms with Gasteiger partial charge in [0.15, 0.2) is 0 Å². The molecule has 1 fully saturated rings. The SMILES string of the molecule is Cc1nscc1C(=O)N1CCN(c2ccc(C#N)cc2F)CC1. The van der Waals surface area contributed by atoms with Crippen LogP contribution in [0.5, 0.6) is 0 Å². The van der Waals surface area contributed by atoms with Crippen LogP contribution in [0.3, 0.4) is 0 Å². The average Bonchev–Trinajstić information content (AvgIpc) is 3.00. The molecule has 0 bridgehead atoms. The highest BCUT2D eigenvalue weighted by Gasteiger charge is 2.25. The second-order valence-corrected chi connectivity index (χ2v) is 6.00. The number of carbonyl (C=O) groups excluding carboxylic acids is 1. The molecule has 0 unspecified atom stereocenters. The van der Waals surface area contributed by atoms with Gasteiger partial charge in [0.2, 0.25) is 0 Å². The third-order valence-electron chi connectivity index (χ3n) is 3.96. The molecular formula is C16H15FN4OS. The molecule has 0 radical (unpaired) electrons. The van der Waals surface area contributed by atoms with Crippen LogP contribution >= 0.6 is 11.5 Å². The van der Waals surface area contributed by atoms with Gasteiger partial charge in [-0.2, -0.15) is 9.64 Å². The highest BCUT2D eigenvalue weighted by atomic mass is 32.1. The van der Waals surface area contributed by atoms with Gasteiger partial charge in [0, 0.05) is 31.6 Å². The van der Waals surface area contributed by atoms with E-state index in [1.165, 1.54) is 17.6 Å². The smallest absolute Gasteiger partial charge is 0.256 e. The van der Waals surface area contributed by atoms with Crippen LogP contribution in [0.15, 0.2) is 23.6 Å². The van der Waals surface area contributed by atoms with Gasteiger partial charge in [0.25, 0.3) is 5.91 Å². The summed E-state index contributed by atoms with van der Waals surface area (Å²) in [5.74, 6) is -0.419. The lowest BCUT2D eigenvalue weighted by molar-refractivity contribution is 0.0746. The third kappa shape index (κ3) is 3.03. The van der Waals surface area contributed by atoms with Crippen molar-refractivity contribution in [2.24, 2.45) is 0 Å². The van der Waals surface area contributed by atoms with Crippen LogP contribution in [0.1, 0.15) is 21.6 Å². The Balaban J connectivity index is 1.68. The third-order valence-corrected chi connectivity index (χ3v) is 4.69. The summed E-state index contributed by atoms with van der Waals surface area (Å²) >= 11 is 1.28. The molecule has 0 spiro atoms. The molecule has 23 heavy (non-hydrogen) atoms. The molecule has 1 aliphatic heterocycles. The molecule has 0 atom stereocenters. The quantitative estimate of drug-likeness (QED) is 0.848. The number of nitriles is 1. The fraction of sp³-hybridized carbons (Fsp3) is 0.312. The number of benzene rings is 1. The highest BCUT2D eigenvalue weighted by Crippen LogP contribution is 2.22. The molecule has 0 N–H and O–H groups in total. The maximum absolute atomic E-state index is 14.1. The molecule has 118 valence electrons. The molecule has 2 aromatic rings. The molecule has 3 rings (SSSR count). The number of aryl methyl sites for hydroxylation is 1. The van der Waals surface area contributed by atoms with Gasteiger partial charge in [-0.25, -0.2) is 4.39 Å². The van der Waals surface area contributed by atoms with Crippen LogP contribution in [0, 0.1) is 24.1 Å². The van der Waals surface area contributed by atoms with Crippen LogP contribution in [0.2, 0.25) is 0 Å². The first-order chi connectivity index (χ1) is 11.1. The largest absolute Gasteiger partial charge is 0.366 e. The van der Waals surface area contributed by atoms with Gasteiger partial charge >= 0.3 is 0 Å². The van der Waals surface area contributed by atoms with Crippen molar-refractivity contribution in [2.45, 2.75) is 6.92 Å². The lowest BCUT2D eigenvalue weighted by Crippen LogP contribution is -2.49. The zero-order valence-electron chi connectivity index (χ0n) is 12.6. The van der Waals surface area contributed by atoms with E-state index >= 15 is 0 Å². The van der Waals surface area contributed by atoms with Crippen molar-refractivity contribution in [3.8, 4) is 6.07 Å². The second-order valence-electron chi connectivity index (χ2n) is 5.37. The Bertz CT molecular complexity index is 775. The second kappa shape index (κ2) is 6.34. The number of halogens is 1. The number of aromatic nitrogens is 1. The summed E-state index contributed by atoms with van der Waals surface area (Å²) < 4.78 is 18.2. The number of hydrogen-bond acceptors (Lipinski definition) is 5. The normalized spacial score (nSPS) is 14.7. The predicted octanol–water partition coefficient (Wildman–Crippen LogP) is 2.42. The highest BCUT2D eigenvalue weighted by molar-refractivity contribution is 7.03. The molecule has 5 nitrogen and oxygen atoms in total. The van der Waals surface area contributed by atoms with Crippen LogP contribution in [0.4, 0.5) is 10.1 Å². The topological polar surface area (TPSA) is 60.2 Å². The summed E-state index contributed by atoms with van der Waals surface area (Å²) in [5.41, 5.74) is 2.18. The summed E-state index contributed by atoms with van der Waals surface area (Å²) in [4.78, 5) is 16.1. The Kier molecular flexibility index (Phi) is 4.26. The van der Waals surface area contributed by atoms with Crippen LogP contribution in [0.25, 0.3) is 0 Å². The minimum absolute atomic E-state index is 0.0174. The molecule has 1 aliphatic rings. The van der Waals surface area contributed by atoms with Crippen molar-refractivity contribution in [2.75, 3.05) is 31.1 Å². The minimum Gasteiger partial charge on any atom is -0.366 e. The van der Waals surface area contributed by atoms with Gasteiger partial charge < -0.3 is 9.80 Å². The Morgan fingerprint density at radius 2 is 2.09 bits per heavy atom. The van der Waals surface area contributed by atoms with Crippen molar-refractivity contribution < 1.29 is 9.18 Å². The Morgan fingerprint density at radius 1 is 1.35 bits per heavy atom. The predicted molar refractivity (Wildman–Crippen MR) is 86.1 cm³/mol. The van der Waals surface area contributed by atoms with E-state index in [1.807, 2.05) is 17.9 Å². The molecule has 0 aliphatic carbocycles. The summed E-state index contributed by atoms with van der Waals surface area (Å²) in [6, 6.07) is 6.40. The van der Waals surface area contributed by atoms with E-state index in [9.17, 15) is 9.18 Å². The van der Waals surface area contributed by atoms with Crippen molar-refractivity contribution in [3.05, 3.63) is 46.2 Å². The van der Waals surface area contributed by atoms with Crippen molar-refractivity contribution in [3.63, 3.8) is 0 Å². The van der Waals surface area contributed by atoms with E-state index in [-0.39, 0.29) is 5.91 Å². The zero-order chi connectivity index (χ0) is 16.4. The first-order valence-electron chi connectivity index (χ1n) is 7.25. The zero-order valence-corrected chi connectivity index (χ0v) is 13.4. The van der Waals surface area contributed by atoms with Crippen molar-refractivity contribution in [1.29, 1.82) is 5.26 Å². The number of nitrogens with zero attached hydrogens (tertiary/aromatic N) is 4. The summed E-state index contributed by atoms with van der Waals surface area (Å²) in [5, 5.41) is 10.6. The number of amides is 1. The number of carbonyl (C=O) groups is 1. The summed E-state index contributed by atoms with van der Waals surface area (Å²) in [6.07, 6.45) is 0. The van der Waals surface area contributed by atoms with Crippen LogP contribution in [-0.4, -0.2) is 41.4 Å². The minimum atomic E-state index is -0.401. The molecule has 1 saturated heterocycles. The Morgan fingerprint density at radius 3 is 2.65 bits per heavy atom. The van der Waals surface area contributed by atoms with Gasteiger partial charge in [-0.1, -0.05) is 0 Å². The lowest BCUT2D eigenvalue weighted by Gasteiger charge is -2.36. The summed E-state index contributed by atoms with van der Waals surface area (Å²) in [6.45, 7) is 4.02. The van der Waals surface area contributed by atoms with E-state index in [0.29, 0.717) is 43.0 Å². The first kappa shape index (κ1) is 15.4. The summed E-state index contributed by atoms with van der Waals surface area (Å²) in [7, 11) is 0. The van der Waals surface area contributed by atoms with Gasteiger partial charge in [0.05, 0.1) is 28.6 Å². The Hall–Kier alpha value is -2.46. The first-order valence-corrected chi connectivity index (χ1v) is 8.08. The van der Waals surface area contributed by atoms with Crippen molar-refractivity contribution in [1.82, 2.24) is 9.27 Å². The van der Waals surface area contributed by atoms with E-state index in [2.05, 4.69) is 4.37 Å². The number of piperazine rings is 1. The molecule has 2 heterocycles. The standard InChI is InChI=1S/C16H15FN4OS/c1-11-13(10-23-19-11)16(22)21-6-4-20(5-7-21)15-3-2-12(9-18)8-14(15)17/h2-3,8,10H,4-7H2,1H3. The molecule has 0 saturated carbocycles. The molecule has 7 heteroatoms. The fourth-order valence-electron chi connectivity index (χ4n) is 2.65. The van der Waals surface area contributed by atoms with E-state index in [4.69, 9.17) is 5.26 Å². The number of hydrogen-bond donors (Lipinski definition) is 0. The molecule has 1 amide bonds. The average molecular weight is 330 g/mol. The van der Waals surface area contributed by atoms with Gasteiger partial charge in [-0.15, -0.1) is 0 Å². The molecule has 1 aromatic carbocycles. The number of rotatable bonds is 2. The lowest BCUT2D eigenvalue weighted by atomic mass is 10.1. The van der Waals surface area contributed by atoms with Gasteiger partial charge in [-0.3, -0.25) is 4.79 Å².